The molecule has 1 amide bonds. The summed E-state index contributed by atoms with van der Waals surface area (Å²) in [7, 11) is 3.59. The number of para-hydroxylation sites is 1. The summed E-state index contributed by atoms with van der Waals surface area (Å²) < 4.78 is 3.52. The zero-order valence-corrected chi connectivity index (χ0v) is 15.6. The van der Waals surface area contributed by atoms with E-state index in [-0.39, 0.29) is 18.3 Å². The van der Waals surface area contributed by atoms with E-state index in [2.05, 4.69) is 20.8 Å². The van der Waals surface area contributed by atoms with Crippen LogP contribution in [0, 0.1) is 0 Å². The number of halogens is 1. The number of carbonyl (C=O) groups is 1. The van der Waals surface area contributed by atoms with Crippen LogP contribution in [0.3, 0.4) is 0 Å². The molecular formula is C18H23ClN6O. The maximum Gasteiger partial charge on any atom is 0.241 e. The molecule has 1 atom stereocenters. The Balaban J connectivity index is 0.00000243. The van der Waals surface area contributed by atoms with Crippen molar-refractivity contribution in [2.24, 2.45) is 7.05 Å². The third-order valence-electron chi connectivity index (χ3n) is 3.95. The van der Waals surface area contributed by atoms with Gasteiger partial charge in [0.15, 0.2) is 0 Å². The van der Waals surface area contributed by atoms with Gasteiger partial charge >= 0.3 is 0 Å². The molecule has 0 bridgehead atoms. The summed E-state index contributed by atoms with van der Waals surface area (Å²) in [4.78, 5) is 12.4. The molecule has 3 rings (SSSR count). The Morgan fingerprint density at radius 1 is 1.23 bits per heavy atom. The van der Waals surface area contributed by atoms with Crippen LogP contribution in [0.15, 0.2) is 55.0 Å². The molecule has 0 saturated heterocycles. The fraction of sp³-hybridized carbons (Fsp3) is 0.278. The van der Waals surface area contributed by atoms with Crippen molar-refractivity contribution < 1.29 is 4.79 Å². The van der Waals surface area contributed by atoms with Crippen molar-refractivity contribution >= 4 is 18.3 Å². The highest BCUT2D eigenvalue weighted by Gasteiger charge is 2.19. The van der Waals surface area contributed by atoms with Gasteiger partial charge in [-0.3, -0.25) is 9.48 Å². The van der Waals surface area contributed by atoms with Crippen molar-refractivity contribution in [2.45, 2.75) is 12.5 Å². The Morgan fingerprint density at radius 2 is 2.00 bits per heavy atom. The Bertz CT molecular complexity index is 829. The van der Waals surface area contributed by atoms with Crippen LogP contribution >= 0.6 is 12.4 Å². The first-order valence-electron chi connectivity index (χ1n) is 8.21. The van der Waals surface area contributed by atoms with E-state index in [0.717, 1.165) is 16.9 Å². The molecule has 0 spiro atoms. The van der Waals surface area contributed by atoms with Crippen molar-refractivity contribution in [2.75, 3.05) is 13.6 Å². The zero-order valence-electron chi connectivity index (χ0n) is 14.8. The highest BCUT2D eigenvalue weighted by Crippen LogP contribution is 2.11. The van der Waals surface area contributed by atoms with Crippen molar-refractivity contribution in [1.29, 1.82) is 0 Å². The van der Waals surface area contributed by atoms with Gasteiger partial charge in [0.2, 0.25) is 5.91 Å². The fourth-order valence-corrected chi connectivity index (χ4v) is 2.67. The molecule has 0 radical (unpaired) electrons. The van der Waals surface area contributed by atoms with Gasteiger partial charge < -0.3 is 10.6 Å². The Kier molecular flexibility index (Phi) is 6.94. The predicted molar refractivity (Wildman–Crippen MR) is 103 cm³/mol. The number of nitrogens with zero attached hydrogens (tertiary/aromatic N) is 4. The van der Waals surface area contributed by atoms with Crippen LogP contribution in [0.5, 0.6) is 0 Å². The SMILES string of the molecule is CNC(C(=O)NCCc1ccn(-c2ccccc2)n1)c1cnn(C)c1.Cl. The van der Waals surface area contributed by atoms with Crippen molar-refractivity contribution in [1.82, 2.24) is 30.2 Å². The quantitative estimate of drug-likeness (QED) is 0.659. The molecule has 26 heavy (non-hydrogen) atoms. The molecule has 1 aromatic carbocycles. The summed E-state index contributed by atoms with van der Waals surface area (Å²) in [6.45, 7) is 0.531. The minimum Gasteiger partial charge on any atom is -0.354 e. The smallest absolute Gasteiger partial charge is 0.241 e. The van der Waals surface area contributed by atoms with Gasteiger partial charge in [-0.15, -0.1) is 12.4 Å². The lowest BCUT2D eigenvalue weighted by atomic mass is 10.1. The largest absolute Gasteiger partial charge is 0.354 e. The van der Waals surface area contributed by atoms with E-state index in [4.69, 9.17) is 0 Å². The van der Waals surface area contributed by atoms with E-state index < -0.39 is 6.04 Å². The van der Waals surface area contributed by atoms with Crippen LogP contribution in [-0.4, -0.2) is 39.1 Å². The number of amides is 1. The number of aromatic nitrogens is 4. The number of hydrogen-bond acceptors (Lipinski definition) is 4. The van der Waals surface area contributed by atoms with Crippen LogP contribution in [0.2, 0.25) is 0 Å². The summed E-state index contributed by atoms with van der Waals surface area (Å²) in [5, 5.41) is 14.6. The molecule has 2 aromatic heterocycles. The summed E-state index contributed by atoms with van der Waals surface area (Å²) in [6.07, 6.45) is 6.14. The Hall–Kier alpha value is -2.64. The lowest BCUT2D eigenvalue weighted by Crippen LogP contribution is -2.36. The van der Waals surface area contributed by atoms with E-state index in [0.29, 0.717) is 13.0 Å². The molecule has 0 fully saturated rings. The first kappa shape index (κ1) is 19.7. The second kappa shape index (κ2) is 9.17. The number of hydrogen-bond donors (Lipinski definition) is 2. The van der Waals surface area contributed by atoms with Gasteiger partial charge in [-0.05, 0) is 25.2 Å². The summed E-state index contributed by atoms with van der Waals surface area (Å²) in [6, 6.07) is 11.5. The van der Waals surface area contributed by atoms with E-state index in [9.17, 15) is 4.79 Å². The van der Waals surface area contributed by atoms with Crippen LogP contribution in [0.25, 0.3) is 5.69 Å². The Labute approximate surface area is 158 Å². The van der Waals surface area contributed by atoms with Crippen LogP contribution in [0.4, 0.5) is 0 Å². The minimum absolute atomic E-state index is 0. The van der Waals surface area contributed by atoms with E-state index >= 15 is 0 Å². The van der Waals surface area contributed by atoms with Crippen LogP contribution in [0.1, 0.15) is 17.3 Å². The molecular weight excluding hydrogens is 352 g/mol. The first-order valence-corrected chi connectivity index (χ1v) is 8.21. The summed E-state index contributed by atoms with van der Waals surface area (Å²) in [5.74, 6) is -0.0713. The molecule has 0 aliphatic carbocycles. The standard InChI is InChI=1S/C18H22N6O.ClH/c1-19-17(14-12-21-23(2)13-14)18(25)20-10-8-15-9-11-24(22-15)16-6-4-3-5-7-16;/h3-7,9,11-13,17,19H,8,10H2,1-2H3,(H,20,25);1H. The normalized spacial score (nSPS) is 11.6. The molecule has 2 N–H and O–H groups in total. The van der Waals surface area contributed by atoms with Gasteiger partial charge in [0, 0.05) is 38.0 Å². The van der Waals surface area contributed by atoms with Crippen LogP contribution in [-0.2, 0) is 18.3 Å². The minimum atomic E-state index is -0.407. The first-order chi connectivity index (χ1) is 12.2. The third-order valence-corrected chi connectivity index (χ3v) is 3.95. The Morgan fingerprint density at radius 3 is 2.65 bits per heavy atom. The third kappa shape index (κ3) is 4.71. The molecule has 7 nitrogen and oxygen atoms in total. The fourth-order valence-electron chi connectivity index (χ4n) is 2.67. The topological polar surface area (TPSA) is 76.8 Å². The lowest BCUT2D eigenvalue weighted by molar-refractivity contribution is -0.123. The highest BCUT2D eigenvalue weighted by molar-refractivity contribution is 5.85. The molecule has 138 valence electrons. The van der Waals surface area contributed by atoms with E-state index in [1.54, 1.807) is 17.9 Å². The number of nitrogens with one attached hydrogen (secondary N) is 2. The molecule has 0 aliphatic heterocycles. The maximum absolute atomic E-state index is 12.4. The van der Waals surface area contributed by atoms with E-state index in [1.165, 1.54) is 0 Å². The van der Waals surface area contributed by atoms with Gasteiger partial charge in [-0.25, -0.2) is 4.68 Å². The van der Waals surface area contributed by atoms with Crippen LogP contribution < -0.4 is 10.6 Å². The van der Waals surface area contributed by atoms with Gasteiger partial charge in [0.1, 0.15) is 6.04 Å². The lowest BCUT2D eigenvalue weighted by Gasteiger charge is -2.14. The average Bonchev–Trinajstić information content (AvgIpc) is 3.26. The number of carbonyl (C=O) groups excluding carboxylic acids is 1. The number of rotatable bonds is 7. The average molecular weight is 375 g/mol. The monoisotopic (exact) mass is 374 g/mol. The number of likely N-dealkylation sites (N-methyl/N-ethyl adjacent to an activating group) is 1. The molecule has 1 unspecified atom stereocenters. The zero-order chi connectivity index (χ0) is 17.6. The van der Waals surface area contributed by atoms with Crippen molar-refractivity contribution in [3.8, 4) is 5.69 Å². The predicted octanol–water partition coefficient (Wildman–Crippen LogP) is 1.65. The van der Waals surface area contributed by atoms with Gasteiger partial charge in [0.25, 0.3) is 0 Å². The second-order valence-electron chi connectivity index (χ2n) is 5.80. The molecule has 0 saturated carbocycles. The van der Waals surface area contributed by atoms with E-state index in [1.807, 2.05) is 60.5 Å². The molecule has 8 heteroatoms. The number of benzene rings is 1. The maximum atomic E-state index is 12.4. The van der Waals surface area contributed by atoms with Gasteiger partial charge in [0.05, 0.1) is 17.6 Å². The van der Waals surface area contributed by atoms with Crippen molar-refractivity contribution in [3.63, 3.8) is 0 Å². The summed E-state index contributed by atoms with van der Waals surface area (Å²) in [5.41, 5.74) is 2.80. The van der Waals surface area contributed by atoms with Gasteiger partial charge in [-0.1, -0.05) is 18.2 Å². The molecule has 0 aliphatic rings. The highest BCUT2D eigenvalue weighted by atomic mass is 35.5. The van der Waals surface area contributed by atoms with Crippen molar-refractivity contribution in [3.05, 3.63) is 66.2 Å². The summed E-state index contributed by atoms with van der Waals surface area (Å²) >= 11 is 0. The molecule has 2 heterocycles. The second-order valence-corrected chi connectivity index (χ2v) is 5.80. The molecule has 3 aromatic rings. The number of aryl methyl sites for hydroxylation is 1. The van der Waals surface area contributed by atoms with Gasteiger partial charge in [-0.2, -0.15) is 10.2 Å².